The predicted octanol–water partition coefficient (Wildman–Crippen LogP) is 5.06. The molecule has 3 rings (SSSR count). The molecule has 3 aromatic rings. The van der Waals surface area contributed by atoms with Crippen LogP contribution >= 0.6 is 35.0 Å². The van der Waals surface area contributed by atoms with Gasteiger partial charge >= 0.3 is 0 Å². The summed E-state index contributed by atoms with van der Waals surface area (Å²) in [6.07, 6.45) is 1.62. The molecule has 1 aromatic carbocycles. The highest BCUT2D eigenvalue weighted by molar-refractivity contribution is 7.99. The van der Waals surface area contributed by atoms with Crippen LogP contribution in [0.5, 0.6) is 5.75 Å². The van der Waals surface area contributed by atoms with Crippen LogP contribution in [-0.4, -0.2) is 26.8 Å². The van der Waals surface area contributed by atoms with Gasteiger partial charge in [0.1, 0.15) is 23.9 Å². The van der Waals surface area contributed by atoms with E-state index in [2.05, 4.69) is 15.3 Å². The first kappa shape index (κ1) is 18.8. The van der Waals surface area contributed by atoms with E-state index in [1.54, 1.807) is 40.9 Å². The highest BCUT2D eigenvalue weighted by Gasteiger charge is 2.08. The number of furan rings is 1. The summed E-state index contributed by atoms with van der Waals surface area (Å²) in [7, 11) is 0. The molecule has 0 atom stereocenters. The number of hydrogen-bond acceptors (Lipinski definition) is 6. The molecule has 0 aliphatic carbocycles. The molecule has 0 aliphatic rings. The van der Waals surface area contributed by atoms with Crippen molar-refractivity contribution in [3.8, 4) is 5.75 Å². The van der Waals surface area contributed by atoms with Crippen molar-refractivity contribution in [2.75, 3.05) is 5.75 Å². The number of benzene rings is 1. The van der Waals surface area contributed by atoms with E-state index in [9.17, 15) is 0 Å². The third-order valence-corrected chi connectivity index (χ3v) is 4.64. The third kappa shape index (κ3) is 4.60. The molecule has 136 valence electrons. The van der Waals surface area contributed by atoms with Crippen molar-refractivity contribution in [1.29, 1.82) is 0 Å². The molecule has 6 nitrogen and oxygen atoms in total. The summed E-state index contributed by atoms with van der Waals surface area (Å²) in [5.41, 5.74) is 0. The molecule has 2 aromatic heterocycles. The summed E-state index contributed by atoms with van der Waals surface area (Å²) in [5.74, 6) is 3.35. The number of rotatable bonds is 7. The van der Waals surface area contributed by atoms with Gasteiger partial charge in [0.2, 0.25) is 5.16 Å². The van der Waals surface area contributed by atoms with Crippen LogP contribution < -0.4 is 4.74 Å². The number of nitrogens with zero attached hydrogens (tertiary/aromatic N) is 4. The van der Waals surface area contributed by atoms with E-state index in [1.165, 1.54) is 0 Å². The fraction of sp³-hybridized carbons (Fsp3) is 0.235. The molecule has 9 heteroatoms. The van der Waals surface area contributed by atoms with Crippen LogP contribution in [0.15, 0.2) is 45.0 Å². The smallest absolute Gasteiger partial charge is 0.212 e. The number of aryl methyl sites for hydroxylation is 1. The van der Waals surface area contributed by atoms with Gasteiger partial charge in [0.15, 0.2) is 5.82 Å². The van der Waals surface area contributed by atoms with Crippen LogP contribution in [0.4, 0.5) is 0 Å². The predicted molar refractivity (Wildman–Crippen MR) is 104 cm³/mol. The van der Waals surface area contributed by atoms with Gasteiger partial charge in [-0.1, -0.05) is 41.9 Å². The zero-order valence-electron chi connectivity index (χ0n) is 14.1. The molecule has 0 radical (unpaired) electrons. The van der Waals surface area contributed by atoms with Crippen molar-refractivity contribution in [2.24, 2.45) is 5.10 Å². The van der Waals surface area contributed by atoms with Gasteiger partial charge in [-0.3, -0.25) is 0 Å². The fourth-order valence-corrected chi connectivity index (χ4v) is 3.08. The Morgan fingerprint density at radius 2 is 2.12 bits per heavy atom. The molecule has 0 spiro atoms. The first-order valence-corrected chi connectivity index (χ1v) is 9.56. The molecule has 0 saturated heterocycles. The summed E-state index contributed by atoms with van der Waals surface area (Å²) in [6.45, 7) is 4.13. The van der Waals surface area contributed by atoms with E-state index in [-0.39, 0.29) is 6.61 Å². The van der Waals surface area contributed by atoms with Crippen LogP contribution in [0, 0.1) is 6.92 Å². The average Bonchev–Trinajstić information content (AvgIpc) is 3.21. The molecule has 0 N–H and O–H groups in total. The van der Waals surface area contributed by atoms with Gasteiger partial charge in [-0.15, -0.1) is 10.2 Å². The maximum atomic E-state index is 6.08. The molecule has 26 heavy (non-hydrogen) atoms. The Morgan fingerprint density at radius 1 is 1.27 bits per heavy atom. The van der Waals surface area contributed by atoms with Crippen LogP contribution in [-0.2, 0) is 6.61 Å². The second-order valence-electron chi connectivity index (χ2n) is 5.19. The van der Waals surface area contributed by atoms with Crippen LogP contribution in [0.25, 0.3) is 0 Å². The minimum atomic E-state index is 0.233. The van der Waals surface area contributed by atoms with E-state index in [0.717, 1.165) is 10.9 Å². The molecule has 0 bridgehead atoms. The standard InChI is InChI=1S/C17H16Cl2N4O2S/c1-3-26-17-22-21-11(2)23(17)20-9-13-5-6-14(25-13)10-24-16-8-12(18)4-7-15(16)19/h4-9H,3,10H2,1-2H3. The van der Waals surface area contributed by atoms with Crippen molar-refractivity contribution in [3.05, 3.63) is 57.7 Å². The van der Waals surface area contributed by atoms with E-state index < -0.39 is 0 Å². The molecule has 0 amide bonds. The summed E-state index contributed by atoms with van der Waals surface area (Å²) in [5, 5.41) is 14.3. The van der Waals surface area contributed by atoms with Crippen LogP contribution in [0.1, 0.15) is 24.3 Å². The Kier molecular flexibility index (Phi) is 6.24. The molecular weight excluding hydrogens is 395 g/mol. The van der Waals surface area contributed by atoms with Gasteiger partial charge < -0.3 is 9.15 Å². The van der Waals surface area contributed by atoms with Crippen LogP contribution in [0.2, 0.25) is 10.0 Å². The highest BCUT2D eigenvalue weighted by atomic mass is 35.5. The third-order valence-electron chi connectivity index (χ3n) is 3.29. The summed E-state index contributed by atoms with van der Waals surface area (Å²) in [6, 6.07) is 8.69. The highest BCUT2D eigenvalue weighted by Crippen LogP contribution is 2.28. The lowest BCUT2D eigenvalue weighted by molar-refractivity contribution is 0.270. The minimum Gasteiger partial charge on any atom is -0.484 e. The molecule has 0 fully saturated rings. The van der Waals surface area contributed by atoms with Gasteiger partial charge in [-0.05, 0) is 36.9 Å². The second-order valence-corrected chi connectivity index (χ2v) is 7.26. The Hall–Kier alpha value is -1.96. The van der Waals surface area contributed by atoms with E-state index in [4.69, 9.17) is 32.4 Å². The van der Waals surface area contributed by atoms with Crippen molar-refractivity contribution in [2.45, 2.75) is 25.6 Å². The SMILES string of the molecule is CCSc1nnc(C)n1N=Cc1ccc(COc2cc(Cl)ccc2Cl)o1. The monoisotopic (exact) mass is 410 g/mol. The molecule has 0 unspecified atom stereocenters. The average molecular weight is 411 g/mol. The number of halogens is 2. The van der Waals surface area contributed by atoms with E-state index >= 15 is 0 Å². The van der Waals surface area contributed by atoms with Crippen LogP contribution in [0.3, 0.4) is 0 Å². The van der Waals surface area contributed by atoms with Crippen molar-refractivity contribution < 1.29 is 9.15 Å². The van der Waals surface area contributed by atoms with Gasteiger partial charge in [-0.25, -0.2) is 0 Å². The first-order valence-electron chi connectivity index (χ1n) is 7.82. The van der Waals surface area contributed by atoms with Gasteiger partial charge in [0.25, 0.3) is 0 Å². The Morgan fingerprint density at radius 3 is 2.92 bits per heavy atom. The molecule has 0 saturated carbocycles. The normalized spacial score (nSPS) is 11.4. The Bertz CT molecular complexity index is 923. The zero-order valence-corrected chi connectivity index (χ0v) is 16.5. The number of aromatic nitrogens is 3. The quantitative estimate of drug-likeness (QED) is 0.402. The fourth-order valence-electron chi connectivity index (χ4n) is 2.08. The summed E-state index contributed by atoms with van der Waals surface area (Å²) in [4.78, 5) is 0. The lowest BCUT2D eigenvalue weighted by atomic mass is 10.3. The second kappa shape index (κ2) is 8.62. The number of thioether (sulfide) groups is 1. The topological polar surface area (TPSA) is 65.4 Å². The maximum Gasteiger partial charge on any atom is 0.212 e. The number of hydrogen-bond donors (Lipinski definition) is 0. The van der Waals surface area contributed by atoms with E-state index in [1.807, 2.05) is 26.0 Å². The maximum absolute atomic E-state index is 6.08. The van der Waals surface area contributed by atoms with Gasteiger partial charge in [0.05, 0.1) is 11.2 Å². The Balaban J connectivity index is 1.66. The van der Waals surface area contributed by atoms with Gasteiger partial charge in [-0.2, -0.15) is 9.78 Å². The summed E-state index contributed by atoms with van der Waals surface area (Å²) < 4.78 is 13.0. The molecule has 2 heterocycles. The largest absolute Gasteiger partial charge is 0.484 e. The lowest BCUT2D eigenvalue weighted by Crippen LogP contribution is -1.96. The summed E-state index contributed by atoms with van der Waals surface area (Å²) >= 11 is 13.6. The number of ether oxygens (including phenoxy) is 1. The van der Waals surface area contributed by atoms with Crippen molar-refractivity contribution in [3.63, 3.8) is 0 Å². The zero-order chi connectivity index (χ0) is 18.5. The van der Waals surface area contributed by atoms with Crippen molar-refractivity contribution in [1.82, 2.24) is 14.9 Å². The van der Waals surface area contributed by atoms with E-state index in [0.29, 0.717) is 33.1 Å². The lowest BCUT2D eigenvalue weighted by Gasteiger charge is -2.06. The Labute approximate surface area is 165 Å². The molecular formula is C17H16Cl2N4O2S. The molecule has 0 aliphatic heterocycles. The first-order chi connectivity index (χ1) is 12.6. The van der Waals surface area contributed by atoms with Gasteiger partial charge in [0, 0.05) is 11.1 Å². The van der Waals surface area contributed by atoms with Crippen molar-refractivity contribution >= 4 is 41.2 Å². The minimum absolute atomic E-state index is 0.233.